The molecule has 2 aliphatic heterocycles. The molecule has 0 spiro atoms. The van der Waals surface area contributed by atoms with E-state index in [9.17, 15) is 0 Å². The van der Waals surface area contributed by atoms with Crippen molar-refractivity contribution in [2.24, 2.45) is 0 Å². The maximum absolute atomic E-state index is 5.94. The van der Waals surface area contributed by atoms with Crippen molar-refractivity contribution >= 4 is 56.2 Å². The van der Waals surface area contributed by atoms with Crippen LogP contribution in [-0.4, -0.2) is 23.1 Å². The molecule has 5 aromatic carbocycles. The molecule has 7 nitrogen and oxygen atoms in total. The number of nitrogens with zero attached hydrogens (tertiary/aromatic N) is 6. The number of aryl methyl sites for hydroxylation is 1. The minimum atomic E-state index is 0. The minimum absolute atomic E-state index is 0. The van der Waals surface area contributed by atoms with Gasteiger partial charge in [-0.15, -0.1) is 29.6 Å². The van der Waals surface area contributed by atoms with Gasteiger partial charge >= 0.3 is 0 Å². The largest absolute Gasteiger partial charge is 0.501 e. The third kappa shape index (κ3) is 7.31. The van der Waals surface area contributed by atoms with Crippen molar-refractivity contribution in [1.82, 2.24) is 9.97 Å². The SMILES string of the molecule is Cc1ccc2c(n1)oc1c(-c3ccccn3)[c-]ccc12.[Ir].[c-]1ccccc1N1[CH-]N(CCCCN2[CH-]N(c3[c-]cccc3)c3ccccc32)c2ccccc21. The fraction of sp³-hybridized carbons (Fsp3) is 0.106. The van der Waals surface area contributed by atoms with E-state index in [1.54, 1.807) is 6.20 Å². The maximum atomic E-state index is 5.94. The van der Waals surface area contributed by atoms with Gasteiger partial charge in [-0.3, -0.25) is 0 Å². The summed E-state index contributed by atoms with van der Waals surface area (Å²) in [5, 5.41) is 2.07. The zero-order chi connectivity index (χ0) is 36.3. The summed E-state index contributed by atoms with van der Waals surface area (Å²) in [6.45, 7) is 8.33. The molecule has 5 heterocycles. The van der Waals surface area contributed by atoms with E-state index >= 15 is 0 Å². The Balaban J connectivity index is 0.000000173. The van der Waals surface area contributed by atoms with Crippen LogP contribution in [0, 0.1) is 38.5 Å². The minimum Gasteiger partial charge on any atom is -0.501 e. The van der Waals surface area contributed by atoms with Crippen LogP contribution in [0.15, 0.2) is 150 Å². The van der Waals surface area contributed by atoms with Gasteiger partial charge in [0.25, 0.3) is 0 Å². The second-order valence-corrected chi connectivity index (χ2v) is 13.3. The summed E-state index contributed by atoms with van der Waals surface area (Å²) in [6.07, 6.45) is 3.97. The van der Waals surface area contributed by atoms with Crippen molar-refractivity contribution in [2.75, 3.05) is 32.7 Å². The van der Waals surface area contributed by atoms with Crippen LogP contribution in [0.4, 0.5) is 34.1 Å². The summed E-state index contributed by atoms with van der Waals surface area (Å²) in [6, 6.07) is 57.2. The number of unbranched alkanes of at least 4 members (excludes halogenated alkanes) is 1. The molecule has 8 heteroatoms. The zero-order valence-corrected chi connectivity index (χ0v) is 32.7. The molecule has 3 aromatic heterocycles. The predicted octanol–water partition coefficient (Wildman–Crippen LogP) is 11.1. The van der Waals surface area contributed by atoms with Gasteiger partial charge in [0.2, 0.25) is 5.71 Å². The van der Waals surface area contributed by atoms with E-state index < -0.39 is 0 Å². The quantitative estimate of drug-likeness (QED) is 0.111. The van der Waals surface area contributed by atoms with Gasteiger partial charge in [0.15, 0.2) is 0 Å². The Bertz CT molecular complexity index is 2410. The number of hydrogen-bond donors (Lipinski definition) is 0. The zero-order valence-electron chi connectivity index (χ0n) is 30.3. The first-order chi connectivity index (χ1) is 26.7. The first kappa shape index (κ1) is 36.0. The molecule has 0 saturated carbocycles. The normalized spacial score (nSPS) is 13.0. The first-order valence-corrected chi connectivity index (χ1v) is 18.3. The van der Waals surface area contributed by atoms with Gasteiger partial charge in [0.05, 0.1) is 5.58 Å². The fourth-order valence-electron chi connectivity index (χ4n) is 7.14. The number of furan rings is 1. The number of pyridine rings is 2. The number of benzene rings is 5. The molecule has 8 aromatic rings. The van der Waals surface area contributed by atoms with E-state index in [2.05, 4.69) is 134 Å². The van der Waals surface area contributed by atoms with E-state index in [1.165, 1.54) is 22.7 Å². The number of rotatable bonds is 8. The molecule has 0 atom stereocenters. The van der Waals surface area contributed by atoms with E-state index in [1.807, 2.05) is 73.7 Å². The van der Waals surface area contributed by atoms with Crippen LogP contribution in [0.3, 0.4) is 0 Å². The molecule has 0 N–H and O–H groups in total. The van der Waals surface area contributed by atoms with Gasteiger partial charge < -0.3 is 29.0 Å². The van der Waals surface area contributed by atoms with Crippen LogP contribution >= 0.6 is 0 Å². The monoisotopic (exact) mass is 894 g/mol. The average molecular weight is 894 g/mol. The predicted molar refractivity (Wildman–Crippen MR) is 219 cm³/mol. The molecule has 10 rings (SSSR count). The molecular weight excluding hydrogens is 857 g/mol. The summed E-state index contributed by atoms with van der Waals surface area (Å²) in [5.74, 6) is 0. The molecule has 0 amide bonds. The molecule has 55 heavy (non-hydrogen) atoms. The van der Waals surface area contributed by atoms with Gasteiger partial charge in [-0.25, -0.2) is 4.98 Å². The Labute approximate surface area is 335 Å². The number of fused-ring (bicyclic) bond motifs is 5. The van der Waals surface area contributed by atoms with Gasteiger partial charge in [-0.2, -0.15) is 74.0 Å². The van der Waals surface area contributed by atoms with Gasteiger partial charge in [0, 0.05) is 60.1 Å². The van der Waals surface area contributed by atoms with Crippen molar-refractivity contribution in [3.05, 3.63) is 183 Å². The van der Waals surface area contributed by atoms with Crippen LogP contribution in [0.5, 0.6) is 0 Å². The molecule has 0 saturated heterocycles. The Hall–Kier alpha value is -5.95. The van der Waals surface area contributed by atoms with Crippen molar-refractivity contribution in [3.63, 3.8) is 0 Å². The summed E-state index contributed by atoms with van der Waals surface area (Å²) in [5.41, 5.74) is 11.2. The molecule has 0 fully saturated rings. The fourth-order valence-corrected chi connectivity index (χ4v) is 7.14. The average Bonchev–Trinajstić information content (AvgIpc) is 3.92. The molecule has 2 aliphatic rings. The summed E-state index contributed by atoms with van der Waals surface area (Å²) in [4.78, 5) is 18.0. The van der Waals surface area contributed by atoms with Crippen molar-refractivity contribution in [2.45, 2.75) is 19.8 Å². The Morgan fingerprint density at radius 1 is 0.582 bits per heavy atom. The van der Waals surface area contributed by atoms with Crippen LogP contribution in [0.1, 0.15) is 18.5 Å². The molecule has 0 bridgehead atoms. The molecule has 275 valence electrons. The summed E-state index contributed by atoms with van der Waals surface area (Å²) in [7, 11) is 0. The van der Waals surface area contributed by atoms with Crippen molar-refractivity contribution in [3.8, 4) is 11.3 Å². The van der Waals surface area contributed by atoms with Crippen LogP contribution in [0.25, 0.3) is 33.3 Å². The van der Waals surface area contributed by atoms with E-state index in [-0.39, 0.29) is 20.1 Å². The van der Waals surface area contributed by atoms with Gasteiger partial charge in [-0.05, 0) is 81.0 Å². The molecule has 0 unspecified atom stereocenters. The smallest absolute Gasteiger partial charge is 0.216 e. The van der Waals surface area contributed by atoms with E-state index in [0.29, 0.717) is 5.71 Å². The molecule has 1 radical (unpaired) electrons. The molecular formula is C47H37IrN6O-5. The summed E-state index contributed by atoms with van der Waals surface area (Å²) < 4.78 is 5.94. The van der Waals surface area contributed by atoms with Crippen LogP contribution in [-0.2, 0) is 20.1 Å². The number of hydrogen-bond acceptors (Lipinski definition) is 7. The Kier molecular flexibility index (Phi) is 10.6. The number of para-hydroxylation sites is 6. The maximum Gasteiger partial charge on any atom is 0.216 e. The second-order valence-electron chi connectivity index (χ2n) is 13.3. The van der Waals surface area contributed by atoms with Crippen molar-refractivity contribution < 1.29 is 24.5 Å². The second kappa shape index (κ2) is 16.2. The standard InChI is InChI=1S/C30H26N4.C17H11N2O.Ir/c1-3-13-25(14-4-1)33-23-31(27-17-7-9-19-29(27)33)21-11-12-22-32-24-34(26-15-5-2-6-16-26)30-20-10-8-18-28(30)32;1-11-8-9-13-12-5-4-6-14(15-7-2-3-10-18-15)16(12)20-17(13)19-11;/h1-10,13,15,17-20,23-24H,11-12,21-22H2;2-5,7-10H,1H3;/q-4;-1;. The van der Waals surface area contributed by atoms with Gasteiger partial charge in [-0.1, -0.05) is 47.3 Å². The third-order valence-corrected chi connectivity index (χ3v) is 9.72. The first-order valence-electron chi connectivity index (χ1n) is 18.3. The Morgan fingerprint density at radius 2 is 1.16 bits per heavy atom. The van der Waals surface area contributed by atoms with Crippen LogP contribution in [0.2, 0.25) is 0 Å². The number of anilines is 6. The van der Waals surface area contributed by atoms with Crippen molar-refractivity contribution in [1.29, 1.82) is 0 Å². The molecule has 0 aliphatic carbocycles. The van der Waals surface area contributed by atoms with Crippen LogP contribution < -0.4 is 19.6 Å². The summed E-state index contributed by atoms with van der Waals surface area (Å²) >= 11 is 0. The van der Waals surface area contributed by atoms with E-state index in [0.717, 1.165) is 70.6 Å². The Morgan fingerprint density at radius 3 is 1.73 bits per heavy atom. The number of aromatic nitrogens is 2. The van der Waals surface area contributed by atoms with E-state index in [4.69, 9.17) is 4.42 Å². The third-order valence-electron chi connectivity index (χ3n) is 9.72. The topological polar surface area (TPSA) is 51.9 Å². The van der Waals surface area contributed by atoms with Gasteiger partial charge in [0.1, 0.15) is 0 Å².